The Hall–Kier alpha value is -2.78. The lowest BCUT2D eigenvalue weighted by Gasteiger charge is -2.35. The summed E-state index contributed by atoms with van der Waals surface area (Å²) < 4.78 is 0. The summed E-state index contributed by atoms with van der Waals surface area (Å²) in [7, 11) is 0. The van der Waals surface area contributed by atoms with Crippen molar-refractivity contribution in [3.8, 4) is 10.4 Å². The third-order valence-corrected chi connectivity index (χ3v) is 7.16. The number of rotatable bonds is 7. The Labute approximate surface area is 204 Å². The van der Waals surface area contributed by atoms with Crippen LogP contribution < -0.4 is 10.6 Å². The number of hydrogen-bond acceptors (Lipinski definition) is 6. The molecule has 1 aliphatic heterocycles. The number of amides is 3. The maximum atomic E-state index is 13.3. The van der Waals surface area contributed by atoms with Gasteiger partial charge in [0.15, 0.2) is 0 Å². The topological polar surface area (TPSA) is 112 Å². The van der Waals surface area contributed by atoms with Crippen molar-refractivity contribution in [1.29, 1.82) is 0 Å². The van der Waals surface area contributed by atoms with E-state index in [9.17, 15) is 14.4 Å². The highest BCUT2D eigenvalue weighted by molar-refractivity contribution is 7.13. The van der Waals surface area contributed by atoms with Gasteiger partial charge in [-0.25, -0.2) is 4.98 Å². The van der Waals surface area contributed by atoms with Crippen LogP contribution in [0, 0.1) is 12.3 Å². The van der Waals surface area contributed by atoms with Gasteiger partial charge >= 0.3 is 0 Å². The first-order valence-corrected chi connectivity index (χ1v) is 12.4. The van der Waals surface area contributed by atoms with Gasteiger partial charge in [0.05, 0.1) is 22.1 Å². The number of likely N-dealkylation sites (tertiary alicyclic amines) is 1. The third kappa shape index (κ3) is 5.82. The Morgan fingerprint density at radius 1 is 1.21 bits per heavy atom. The molecular formula is C25H34N4O4S. The molecule has 0 aliphatic carbocycles. The fraction of sp³-hybridized carbons (Fsp3) is 0.520. The van der Waals surface area contributed by atoms with Crippen molar-refractivity contribution in [3.63, 3.8) is 0 Å². The lowest BCUT2D eigenvalue weighted by atomic mass is 9.85. The Kier molecular flexibility index (Phi) is 8.09. The van der Waals surface area contributed by atoms with Crippen LogP contribution in [0.5, 0.6) is 0 Å². The molecule has 34 heavy (non-hydrogen) atoms. The van der Waals surface area contributed by atoms with Gasteiger partial charge in [0.2, 0.25) is 17.7 Å². The highest BCUT2D eigenvalue weighted by atomic mass is 32.1. The summed E-state index contributed by atoms with van der Waals surface area (Å²) in [5.41, 5.74) is 4.31. The Bertz CT molecular complexity index is 1030. The van der Waals surface area contributed by atoms with Crippen molar-refractivity contribution in [1.82, 2.24) is 20.5 Å². The summed E-state index contributed by atoms with van der Waals surface area (Å²) in [6.07, 6.45) is 1.28. The smallest absolute Gasteiger partial charge is 0.246 e. The summed E-state index contributed by atoms with van der Waals surface area (Å²) >= 11 is 1.60. The van der Waals surface area contributed by atoms with E-state index >= 15 is 0 Å². The van der Waals surface area contributed by atoms with E-state index in [0.29, 0.717) is 19.4 Å². The number of hydrogen-bond donors (Lipinski definition) is 3. The molecule has 3 N–H and O–H groups in total. The van der Waals surface area contributed by atoms with Gasteiger partial charge in [-0.3, -0.25) is 14.4 Å². The van der Waals surface area contributed by atoms with Gasteiger partial charge in [0, 0.05) is 6.54 Å². The summed E-state index contributed by atoms with van der Waals surface area (Å²) in [4.78, 5) is 45.3. The molecule has 3 atom stereocenters. The average Bonchev–Trinajstić information content (AvgIpc) is 3.45. The number of thiazole rings is 1. The molecule has 0 unspecified atom stereocenters. The standard InChI is InChI=1S/C25H34N4O4S/c1-15(17-8-10-18(11-9-17)21-16(2)26-14-34-21)27-23(32)19-7-6-12-29(19)24(33)22(25(3,4)5)28-20(31)13-30/h8-11,14-15,19,22,30H,6-7,12-13H2,1-5H3,(H,27,32)(H,28,31)/t15-,19-,22+/m0/s1. The normalized spacial score (nSPS) is 17.8. The second-order valence-electron chi connectivity index (χ2n) is 9.83. The molecule has 1 fully saturated rings. The molecule has 3 rings (SSSR count). The fourth-order valence-electron chi connectivity index (χ4n) is 4.22. The predicted octanol–water partition coefficient (Wildman–Crippen LogP) is 2.81. The number of carbonyl (C=O) groups excluding carboxylic acids is 3. The minimum Gasteiger partial charge on any atom is -0.387 e. The van der Waals surface area contributed by atoms with E-state index in [2.05, 4.69) is 15.6 Å². The molecular weight excluding hydrogens is 452 g/mol. The molecule has 1 aromatic carbocycles. The first-order valence-electron chi connectivity index (χ1n) is 11.5. The number of aliphatic hydroxyl groups excluding tert-OH is 1. The van der Waals surface area contributed by atoms with Crippen LogP contribution in [0.3, 0.4) is 0 Å². The van der Waals surface area contributed by atoms with Crippen LogP contribution in [0.2, 0.25) is 0 Å². The van der Waals surface area contributed by atoms with Crippen LogP contribution >= 0.6 is 11.3 Å². The molecule has 0 saturated carbocycles. The maximum absolute atomic E-state index is 13.3. The van der Waals surface area contributed by atoms with Gasteiger partial charge < -0.3 is 20.6 Å². The largest absolute Gasteiger partial charge is 0.387 e. The van der Waals surface area contributed by atoms with Gasteiger partial charge in [-0.2, -0.15) is 0 Å². The molecule has 0 radical (unpaired) electrons. The van der Waals surface area contributed by atoms with Crippen molar-refractivity contribution in [3.05, 3.63) is 41.0 Å². The lowest BCUT2D eigenvalue weighted by Crippen LogP contribution is -2.58. The van der Waals surface area contributed by atoms with Crippen LogP contribution in [0.15, 0.2) is 29.8 Å². The van der Waals surface area contributed by atoms with E-state index < -0.39 is 30.0 Å². The summed E-state index contributed by atoms with van der Waals surface area (Å²) in [5, 5.41) is 14.8. The van der Waals surface area contributed by atoms with E-state index in [1.807, 2.05) is 64.4 Å². The van der Waals surface area contributed by atoms with Crippen molar-refractivity contribution < 1.29 is 19.5 Å². The fourth-order valence-corrected chi connectivity index (χ4v) is 5.03. The van der Waals surface area contributed by atoms with Gasteiger partial charge in [0.1, 0.15) is 18.7 Å². The van der Waals surface area contributed by atoms with E-state index in [1.54, 1.807) is 16.2 Å². The predicted molar refractivity (Wildman–Crippen MR) is 132 cm³/mol. The van der Waals surface area contributed by atoms with Crippen molar-refractivity contribution >= 4 is 29.1 Å². The zero-order valence-electron chi connectivity index (χ0n) is 20.4. The lowest BCUT2D eigenvalue weighted by molar-refractivity contribution is -0.144. The summed E-state index contributed by atoms with van der Waals surface area (Å²) in [5.74, 6) is -1.12. The number of aryl methyl sites for hydroxylation is 1. The molecule has 1 aromatic heterocycles. The molecule has 2 heterocycles. The zero-order valence-corrected chi connectivity index (χ0v) is 21.2. The van der Waals surface area contributed by atoms with Gasteiger partial charge in [-0.05, 0) is 43.2 Å². The van der Waals surface area contributed by atoms with Crippen molar-refractivity contribution in [2.24, 2.45) is 5.41 Å². The van der Waals surface area contributed by atoms with E-state index in [-0.39, 0.29) is 17.9 Å². The molecule has 184 valence electrons. The maximum Gasteiger partial charge on any atom is 0.246 e. The Morgan fingerprint density at radius 2 is 1.88 bits per heavy atom. The van der Waals surface area contributed by atoms with Crippen molar-refractivity contribution in [2.75, 3.05) is 13.2 Å². The highest BCUT2D eigenvalue weighted by Gasteiger charge is 2.41. The number of aliphatic hydroxyl groups is 1. The van der Waals surface area contributed by atoms with E-state index in [0.717, 1.165) is 21.7 Å². The average molecular weight is 487 g/mol. The Morgan fingerprint density at radius 3 is 2.44 bits per heavy atom. The van der Waals surface area contributed by atoms with E-state index in [4.69, 9.17) is 5.11 Å². The molecule has 2 aromatic rings. The van der Waals surface area contributed by atoms with Gasteiger partial charge in [-0.15, -0.1) is 11.3 Å². The summed E-state index contributed by atoms with van der Waals surface area (Å²) in [6, 6.07) is 6.40. The minimum atomic E-state index is -0.833. The molecule has 8 nitrogen and oxygen atoms in total. The number of aromatic nitrogens is 1. The van der Waals surface area contributed by atoms with Crippen molar-refractivity contribution in [2.45, 2.75) is 65.6 Å². The first-order chi connectivity index (χ1) is 16.0. The first kappa shape index (κ1) is 25.8. The molecule has 9 heteroatoms. The SMILES string of the molecule is Cc1ncsc1-c1ccc([C@H](C)NC(=O)[C@@H]2CCCN2C(=O)[C@@H](NC(=O)CO)C(C)(C)C)cc1. The van der Waals surface area contributed by atoms with Gasteiger partial charge in [-0.1, -0.05) is 45.0 Å². The minimum absolute atomic E-state index is 0.207. The quantitative estimate of drug-likeness (QED) is 0.557. The van der Waals surface area contributed by atoms with Crippen LogP contribution in [0.25, 0.3) is 10.4 Å². The second-order valence-corrected chi connectivity index (χ2v) is 10.7. The molecule has 1 aliphatic rings. The zero-order chi connectivity index (χ0) is 25.0. The highest BCUT2D eigenvalue weighted by Crippen LogP contribution is 2.29. The molecule has 3 amide bonds. The number of benzene rings is 1. The van der Waals surface area contributed by atoms with Crippen LogP contribution in [0.4, 0.5) is 0 Å². The van der Waals surface area contributed by atoms with E-state index in [1.165, 1.54) is 0 Å². The third-order valence-electron chi connectivity index (χ3n) is 6.18. The van der Waals surface area contributed by atoms with Crippen LogP contribution in [0.1, 0.15) is 57.8 Å². The van der Waals surface area contributed by atoms with Crippen LogP contribution in [-0.2, 0) is 14.4 Å². The summed E-state index contributed by atoms with van der Waals surface area (Å²) in [6.45, 7) is 9.20. The monoisotopic (exact) mass is 486 g/mol. The number of nitrogens with one attached hydrogen (secondary N) is 2. The number of nitrogens with zero attached hydrogens (tertiary/aromatic N) is 2. The second kappa shape index (κ2) is 10.7. The Balaban J connectivity index is 1.69. The van der Waals surface area contributed by atoms with Crippen LogP contribution in [-0.4, -0.2) is 57.9 Å². The van der Waals surface area contributed by atoms with Gasteiger partial charge in [0.25, 0.3) is 0 Å². The molecule has 0 bridgehead atoms. The number of carbonyl (C=O) groups is 3. The molecule has 0 spiro atoms. The molecule has 1 saturated heterocycles.